The van der Waals surface area contributed by atoms with Gasteiger partial charge in [-0.1, -0.05) is 18.2 Å². The number of rotatable bonds is 4. The van der Waals surface area contributed by atoms with E-state index in [9.17, 15) is 9.59 Å². The van der Waals surface area contributed by atoms with Gasteiger partial charge in [-0.15, -0.1) is 0 Å². The van der Waals surface area contributed by atoms with Crippen molar-refractivity contribution in [2.45, 2.75) is 32.2 Å². The van der Waals surface area contributed by atoms with E-state index < -0.39 is 0 Å². The van der Waals surface area contributed by atoms with Gasteiger partial charge in [0.1, 0.15) is 5.76 Å². The van der Waals surface area contributed by atoms with Crippen molar-refractivity contribution in [1.29, 1.82) is 0 Å². The molecule has 2 aliphatic heterocycles. The van der Waals surface area contributed by atoms with E-state index >= 15 is 0 Å². The number of hydrogen-bond acceptors (Lipinski definition) is 4. The first-order chi connectivity index (χ1) is 13.1. The van der Waals surface area contributed by atoms with Crippen LogP contribution in [0.2, 0.25) is 0 Å². The fourth-order valence-electron chi connectivity index (χ4n) is 3.92. The average Bonchev–Trinajstić information content (AvgIpc) is 3.29. The highest BCUT2D eigenvalue weighted by Crippen LogP contribution is 2.27. The Morgan fingerprint density at radius 3 is 2.63 bits per heavy atom. The number of furan rings is 1. The molecule has 1 aromatic carbocycles. The quantitative estimate of drug-likeness (QED) is 0.901. The number of piperidine rings is 1. The molecule has 1 aromatic heterocycles. The number of aryl methyl sites for hydroxylation is 1. The Kier molecular flexibility index (Phi) is 4.99. The van der Waals surface area contributed by atoms with Gasteiger partial charge in [0.05, 0.1) is 6.54 Å². The van der Waals surface area contributed by atoms with Gasteiger partial charge in [-0.25, -0.2) is 0 Å². The lowest BCUT2D eigenvalue weighted by Gasteiger charge is -2.32. The minimum absolute atomic E-state index is 0.127. The summed E-state index contributed by atoms with van der Waals surface area (Å²) in [6.45, 7) is 4.65. The molecule has 3 heterocycles. The zero-order valence-electron chi connectivity index (χ0n) is 15.6. The first kappa shape index (κ1) is 17.8. The zero-order valence-corrected chi connectivity index (χ0v) is 15.6. The Bertz CT molecular complexity index is 837. The molecule has 2 amide bonds. The predicted molar refractivity (Wildman–Crippen MR) is 103 cm³/mol. The first-order valence-electron chi connectivity index (χ1n) is 9.58. The number of carbonyl (C=O) groups is 2. The molecule has 0 unspecified atom stereocenters. The molecule has 6 heteroatoms. The molecule has 0 spiro atoms. The number of benzene rings is 1. The van der Waals surface area contributed by atoms with Gasteiger partial charge in [0.2, 0.25) is 5.91 Å². The van der Waals surface area contributed by atoms with E-state index in [-0.39, 0.29) is 17.9 Å². The topological polar surface area (TPSA) is 65.8 Å². The summed E-state index contributed by atoms with van der Waals surface area (Å²) in [4.78, 5) is 29.0. The smallest absolute Gasteiger partial charge is 0.287 e. The third-order valence-corrected chi connectivity index (χ3v) is 5.43. The number of carbonyl (C=O) groups excluding carboxylic acids is 2. The number of hydrogen-bond donors (Lipinski definition) is 1. The van der Waals surface area contributed by atoms with E-state index in [4.69, 9.17) is 4.42 Å². The highest BCUT2D eigenvalue weighted by Gasteiger charge is 2.28. The van der Waals surface area contributed by atoms with Crippen LogP contribution in [-0.2, 0) is 11.2 Å². The maximum atomic E-state index is 12.7. The zero-order chi connectivity index (χ0) is 18.8. The monoisotopic (exact) mass is 367 g/mol. The summed E-state index contributed by atoms with van der Waals surface area (Å²) in [5.74, 6) is 1.09. The molecule has 4 rings (SSSR count). The van der Waals surface area contributed by atoms with E-state index in [1.807, 2.05) is 30.0 Å². The van der Waals surface area contributed by atoms with Crippen LogP contribution in [-0.4, -0.2) is 48.9 Å². The summed E-state index contributed by atoms with van der Waals surface area (Å²) in [7, 11) is 0. The summed E-state index contributed by atoms with van der Waals surface area (Å²) < 4.78 is 5.37. The second-order valence-electron chi connectivity index (χ2n) is 7.36. The van der Waals surface area contributed by atoms with Gasteiger partial charge in [0.25, 0.3) is 5.91 Å². The molecule has 0 aliphatic carbocycles. The Balaban J connectivity index is 1.26. The number of nitrogens with one attached hydrogen (secondary N) is 1. The van der Waals surface area contributed by atoms with Crippen molar-refractivity contribution in [1.82, 2.24) is 10.2 Å². The van der Waals surface area contributed by atoms with Crippen LogP contribution in [0.4, 0.5) is 5.69 Å². The molecular formula is C21H25N3O3. The van der Waals surface area contributed by atoms with Crippen molar-refractivity contribution in [3.63, 3.8) is 0 Å². The molecule has 0 bridgehead atoms. The maximum absolute atomic E-state index is 12.7. The van der Waals surface area contributed by atoms with Crippen LogP contribution in [0.5, 0.6) is 0 Å². The van der Waals surface area contributed by atoms with Crippen molar-refractivity contribution in [2.24, 2.45) is 0 Å². The van der Waals surface area contributed by atoms with Gasteiger partial charge in [-0.3, -0.25) is 14.5 Å². The number of para-hydroxylation sites is 1. The fraction of sp³-hybridized carbons (Fsp3) is 0.429. The third kappa shape index (κ3) is 3.90. The average molecular weight is 367 g/mol. The summed E-state index contributed by atoms with van der Waals surface area (Å²) >= 11 is 0. The number of fused-ring (bicyclic) bond motifs is 1. The van der Waals surface area contributed by atoms with Crippen molar-refractivity contribution >= 4 is 17.5 Å². The molecule has 2 aliphatic rings. The highest BCUT2D eigenvalue weighted by atomic mass is 16.3. The van der Waals surface area contributed by atoms with E-state index in [2.05, 4.69) is 16.3 Å². The Morgan fingerprint density at radius 2 is 1.89 bits per heavy atom. The van der Waals surface area contributed by atoms with Crippen molar-refractivity contribution in [3.05, 3.63) is 53.5 Å². The Morgan fingerprint density at radius 1 is 1.11 bits per heavy atom. The summed E-state index contributed by atoms with van der Waals surface area (Å²) in [6, 6.07) is 11.7. The number of amides is 2. The van der Waals surface area contributed by atoms with Gasteiger partial charge in [0.15, 0.2) is 5.76 Å². The number of likely N-dealkylation sites (tertiary alicyclic amines) is 1. The lowest BCUT2D eigenvalue weighted by Crippen LogP contribution is -2.48. The lowest BCUT2D eigenvalue weighted by atomic mass is 10.0. The lowest BCUT2D eigenvalue weighted by molar-refractivity contribution is -0.119. The normalized spacial score (nSPS) is 17.7. The minimum Gasteiger partial charge on any atom is -0.456 e. The summed E-state index contributed by atoms with van der Waals surface area (Å²) in [6.07, 6.45) is 2.62. The predicted octanol–water partition coefficient (Wildman–Crippen LogP) is 2.37. The van der Waals surface area contributed by atoms with Crippen molar-refractivity contribution in [3.8, 4) is 0 Å². The van der Waals surface area contributed by atoms with E-state index in [0.29, 0.717) is 12.3 Å². The molecular weight excluding hydrogens is 342 g/mol. The first-order valence-corrected chi connectivity index (χ1v) is 9.58. The summed E-state index contributed by atoms with van der Waals surface area (Å²) in [5, 5.41) is 3.04. The second kappa shape index (κ2) is 7.56. The Hall–Kier alpha value is -2.60. The standard InChI is InChI=1S/C21H25N3O3/c1-15-6-7-19(27-15)21(26)22-17-9-11-23(12-10-17)14-20(25)24-13-8-16-4-2-3-5-18(16)24/h2-7,17H,8-14H2,1H3,(H,22,26). The molecule has 27 heavy (non-hydrogen) atoms. The SMILES string of the molecule is Cc1ccc(C(=O)NC2CCN(CC(=O)N3CCc4ccccc43)CC2)o1. The number of nitrogens with zero attached hydrogens (tertiary/aromatic N) is 2. The summed E-state index contributed by atoms with van der Waals surface area (Å²) in [5.41, 5.74) is 2.30. The van der Waals surface area contributed by atoms with Crippen LogP contribution in [0.3, 0.4) is 0 Å². The van der Waals surface area contributed by atoms with Gasteiger partial charge in [-0.05, 0) is 49.9 Å². The molecule has 1 N–H and O–H groups in total. The van der Waals surface area contributed by atoms with Crippen molar-refractivity contribution in [2.75, 3.05) is 31.1 Å². The molecule has 2 aromatic rings. The third-order valence-electron chi connectivity index (χ3n) is 5.43. The van der Waals surface area contributed by atoms with Gasteiger partial charge >= 0.3 is 0 Å². The largest absolute Gasteiger partial charge is 0.456 e. The molecule has 6 nitrogen and oxygen atoms in total. The minimum atomic E-state index is -0.161. The molecule has 1 fully saturated rings. The van der Waals surface area contributed by atoms with E-state index in [1.165, 1.54) is 5.56 Å². The van der Waals surface area contributed by atoms with Gasteiger partial charge < -0.3 is 14.6 Å². The number of anilines is 1. The molecule has 142 valence electrons. The van der Waals surface area contributed by atoms with Crippen molar-refractivity contribution < 1.29 is 14.0 Å². The van der Waals surface area contributed by atoms with Crippen LogP contribution >= 0.6 is 0 Å². The van der Waals surface area contributed by atoms with Crippen LogP contribution in [0.1, 0.15) is 34.7 Å². The van der Waals surface area contributed by atoms with Crippen LogP contribution in [0.25, 0.3) is 0 Å². The van der Waals surface area contributed by atoms with Gasteiger partial charge in [0, 0.05) is 31.4 Å². The van der Waals surface area contributed by atoms with Gasteiger partial charge in [-0.2, -0.15) is 0 Å². The highest BCUT2D eigenvalue weighted by molar-refractivity contribution is 5.96. The van der Waals surface area contributed by atoms with Crippen LogP contribution in [0, 0.1) is 6.92 Å². The van der Waals surface area contributed by atoms with E-state index in [0.717, 1.165) is 50.3 Å². The molecule has 0 saturated carbocycles. The van der Waals surface area contributed by atoms with E-state index in [1.54, 1.807) is 12.1 Å². The van der Waals surface area contributed by atoms with Crippen LogP contribution < -0.4 is 10.2 Å². The molecule has 0 radical (unpaired) electrons. The maximum Gasteiger partial charge on any atom is 0.287 e. The molecule has 1 saturated heterocycles. The fourth-order valence-corrected chi connectivity index (χ4v) is 3.92. The Labute approximate surface area is 159 Å². The van der Waals surface area contributed by atoms with Crippen LogP contribution in [0.15, 0.2) is 40.8 Å². The molecule has 0 atom stereocenters. The second-order valence-corrected chi connectivity index (χ2v) is 7.36.